The molecule has 2 rings (SSSR count). The van der Waals surface area contributed by atoms with Crippen molar-refractivity contribution in [3.63, 3.8) is 0 Å². The highest BCUT2D eigenvalue weighted by molar-refractivity contribution is 5.93. The number of anilines is 1. The average molecular weight is 384 g/mol. The van der Waals surface area contributed by atoms with Crippen molar-refractivity contribution in [3.05, 3.63) is 54.6 Å². The summed E-state index contributed by atoms with van der Waals surface area (Å²) in [5.74, 6) is -0.677. The molecule has 148 valence electrons. The minimum absolute atomic E-state index is 0.00960. The van der Waals surface area contributed by atoms with E-state index in [4.69, 9.17) is 0 Å². The number of imide groups is 1. The van der Waals surface area contributed by atoms with E-state index >= 15 is 0 Å². The van der Waals surface area contributed by atoms with Gasteiger partial charge in [0.05, 0.1) is 13.2 Å². The van der Waals surface area contributed by atoms with Crippen molar-refractivity contribution in [2.24, 2.45) is 0 Å². The minimum Gasteiger partial charge on any atom is -0.450 e. The summed E-state index contributed by atoms with van der Waals surface area (Å²) in [6.07, 6.45) is -0.772. The summed E-state index contributed by atoms with van der Waals surface area (Å²) in [4.78, 5) is 36.1. The van der Waals surface area contributed by atoms with Crippen LogP contribution >= 0.6 is 0 Å². The lowest BCUT2D eigenvalue weighted by Crippen LogP contribution is -3.14. The van der Waals surface area contributed by atoms with Gasteiger partial charge >= 0.3 is 6.09 Å². The number of quaternary nitrogens is 1. The first-order chi connectivity index (χ1) is 13.5. The van der Waals surface area contributed by atoms with E-state index in [0.717, 1.165) is 16.0 Å². The topological polar surface area (TPSA) is 88.9 Å². The van der Waals surface area contributed by atoms with Crippen LogP contribution in [0.3, 0.4) is 0 Å². The summed E-state index contributed by atoms with van der Waals surface area (Å²) in [7, 11) is 0. The molecule has 7 heteroatoms. The molecular formula is C21H26N3O4+. The lowest BCUT2D eigenvalue weighted by Gasteiger charge is -2.16. The zero-order chi connectivity index (χ0) is 20.4. The first-order valence-electron chi connectivity index (χ1n) is 9.27. The van der Waals surface area contributed by atoms with E-state index < -0.39 is 12.0 Å². The van der Waals surface area contributed by atoms with Gasteiger partial charge in [-0.25, -0.2) is 4.79 Å². The highest BCUT2D eigenvalue weighted by Crippen LogP contribution is 2.20. The third-order valence-corrected chi connectivity index (χ3v) is 4.11. The highest BCUT2D eigenvalue weighted by atomic mass is 16.5. The quantitative estimate of drug-likeness (QED) is 0.643. The first-order valence-corrected chi connectivity index (χ1v) is 9.27. The number of amides is 3. The minimum atomic E-state index is -0.772. The van der Waals surface area contributed by atoms with Crippen molar-refractivity contribution in [3.8, 4) is 11.1 Å². The number of hydrogen-bond acceptors (Lipinski definition) is 4. The zero-order valence-electron chi connectivity index (χ0n) is 16.2. The SMILES string of the molecule is CCOC(=O)NC(=O)C[NH+](CC)CC(=O)Nc1ccc(-c2ccccc2)cc1. The predicted octanol–water partition coefficient (Wildman–Crippen LogP) is 1.47. The lowest BCUT2D eigenvalue weighted by molar-refractivity contribution is -0.881. The molecule has 0 aromatic heterocycles. The van der Waals surface area contributed by atoms with Crippen LogP contribution in [0.25, 0.3) is 11.1 Å². The summed E-state index contributed by atoms with van der Waals surface area (Å²) in [5, 5.41) is 4.97. The molecule has 0 radical (unpaired) electrons. The van der Waals surface area contributed by atoms with Gasteiger partial charge in [0.25, 0.3) is 11.8 Å². The van der Waals surface area contributed by atoms with Crippen molar-refractivity contribution in [1.82, 2.24) is 5.32 Å². The molecule has 0 saturated carbocycles. The zero-order valence-corrected chi connectivity index (χ0v) is 16.2. The monoisotopic (exact) mass is 384 g/mol. The Balaban J connectivity index is 1.86. The number of alkyl carbamates (subject to hydrolysis) is 1. The molecule has 0 saturated heterocycles. The fourth-order valence-corrected chi connectivity index (χ4v) is 2.67. The van der Waals surface area contributed by atoms with Crippen LogP contribution in [0, 0.1) is 0 Å². The van der Waals surface area contributed by atoms with Crippen molar-refractivity contribution < 1.29 is 24.0 Å². The largest absolute Gasteiger partial charge is 0.450 e. The Kier molecular flexibility index (Phi) is 8.17. The molecule has 0 heterocycles. The summed E-state index contributed by atoms with van der Waals surface area (Å²) in [6, 6.07) is 17.6. The summed E-state index contributed by atoms with van der Waals surface area (Å²) in [6.45, 7) is 4.41. The summed E-state index contributed by atoms with van der Waals surface area (Å²) >= 11 is 0. The predicted molar refractivity (Wildman–Crippen MR) is 107 cm³/mol. The second-order valence-corrected chi connectivity index (χ2v) is 6.22. The summed E-state index contributed by atoms with van der Waals surface area (Å²) < 4.78 is 4.67. The van der Waals surface area contributed by atoms with Gasteiger partial charge in [-0.15, -0.1) is 0 Å². The number of rotatable bonds is 8. The number of hydrogen-bond donors (Lipinski definition) is 3. The Labute approximate surface area is 164 Å². The second-order valence-electron chi connectivity index (χ2n) is 6.22. The Morgan fingerprint density at radius 2 is 1.46 bits per heavy atom. The first kappa shape index (κ1) is 21.1. The van der Waals surface area contributed by atoms with Crippen LogP contribution in [0.15, 0.2) is 54.6 Å². The van der Waals surface area contributed by atoms with Gasteiger partial charge < -0.3 is 15.0 Å². The van der Waals surface area contributed by atoms with E-state index in [9.17, 15) is 14.4 Å². The van der Waals surface area contributed by atoms with Crippen molar-refractivity contribution in [1.29, 1.82) is 0 Å². The molecule has 1 atom stereocenters. The molecule has 0 spiro atoms. The molecule has 3 N–H and O–H groups in total. The van der Waals surface area contributed by atoms with E-state index in [1.165, 1.54) is 0 Å². The number of carbonyl (C=O) groups excluding carboxylic acids is 3. The van der Waals surface area contributed by atoms with Gasteiger partial charge in [-0.2, -0.15) is 0 Å². The van der Waals surface area contributed by atoms with Crippen molar-refractivity contribution in [2.45, 2.75) is 13.8 Å². The molecule has 0 aliphatic rings. The number of benzene rings is 2. The van der Waals surface area contributed by atoms with Gasteiger partial charge in [0, 0.05) is 5.69 Å². The molecular weight excluding hydrogens is 358 g/mol. The highest BCUT2D eigenvalue weighted by Gasteiger charge is 2.18. The van der Waals surface area contributed by atoms with Crippen LogP contribution in [-0.2, 0) is 14.3 Å². The van der Waals surface area contributed by atoms with Crippen LogP contribution in [-0.4, -0.2) is 44.1 Å². The molecule has 2 aromatic carbocycles. The third-order valence-electron chi connectivity index (χ3n) is 4.11. The number of likely N-dealkylation sites (N-methyl/N-ethyl adjacent to an activating group) is 1. The Morgan fingerprint density at radius 3 is 2.07 bits per heavy atom. The van der Waals surface area contributed by atoms with Gasteiger partial charge in [0.2, 0.25) is 0 Å². The fraction of sp³-hybridized carbons (Fsp3) is 0.286. The maximum absolute atomic E-state index is 12.3. The number of nitrogens with one attached hydrogen (secondary N) is 3. The number of ether oxygens (including phenoxy) is 1. The van der Waals surface area contributed by atoms with Crippen molar-refractivity contribution in [2.75, 3.05) is 31.6 Å². The van der Waals surface area contributed by atoms with Gasteiger partial charge in [-0.3, -0.25) is 14.9 Å². The maximum Gasteiger partial charge on any atom is 0.414 e. The molecule has 0 bridgehead atoms. The third kappa shape index (κ3) is 6.85. The van der Waals surface area contributed by atoms with E-state index in [1.807, 2.05) is 61.5 Å². The van der Waals surface area contributed by atoms with Gasteiger partial charge in [0.15, 0.2) is 13.1 Å². The van der Waals surface area contributed by atoms with Crippen LogP contribution in [0.5, 0.6) is 0 Å². The Morgan fingerprint density at radius 1 is 0.857 bits per heavy atom. The van der Waals surface area contributed by atoms with Gasteiger partial charge in [-0.1, -0.05) is 42.5 Å². The standard InChI is InChI=1S/C21H25N3O4/c1-3-24(15-20(26)23-21(27)28-4-2)14-19(25)22-18-12-10-17(11-13-18)16-8-6-5-7-9-16/h5-13H,3-4,14-15H2,1-2H3,(H,22,25)(H,23,26,27)/p+1. The molecule has 28 heavy (non-hydrogen) atoms. The average Bonchev–Trinajstić information content (AvgIpc) is 2.68. The molecule has 0 aliphatic heterocycles. The van der Waals surface area contributed by atoms with Crippen LogP contribution in [0.2, 0.25) is 0 Å². The van der Waals surface area contributed by atoms with Gasteiger partial charge in [0.1, 0.15) is 0 Å². The second kappa shape index (κ2) is 10.8. The van der Waals surface area contributed by atoms with Crippen molar-refractivity contribution >= 4 is 23.6 Å². The van der Waals surface area contributed by atoms with Crippen LogP contribution in [0.4, 0.5) is 10.5 Å². The van der Waals surface area contributed by atoms with E-state index in [0.29, 0.717) is 12.2 Å². The Bertz CT molecular complexity index is 791. The summed E-state index contributed by atoms with van der Waals surface area (Å²) in [5.41, 5.74) is 2.86. The van der Waals surface area contributed by atoms with E-state index in [1.54, 1.807) is 6.92 Å². The normalized spacial score (nSPS) is 11.4. The molecule has 2 aromatic rings. The lowest BCUT2D eigenvalue weighted by atomic mass is 10.1. The molecule has 7 nitrogen and oxygen atoms in total. The molecule has 0 aliphatic carbocycles. The maximum atomic E-state index is 12.3. The van der Waals surface area contributed by atoms with Crippen LogP contribution < -0.4 is 15.5 Å². The van der Waals surface area contributed by atoms with Crippen LogP contribution in [0.1, 0.15) is 13.8 Å². The molecule has 3 amide bonds. The molecule has 1 unspecified atom stereocenters. The Hall–Kier alpha value is -3.19. The van der Waals surface area contributed by atoms with E-state index in [2.05, 4.69) is 15.4 Å². The fourth-order valence-electron chi connectivity index (χ4n) is 2.67. The van der Waals surface area contributed by atoms with Gasteiger partial charge in [-0.05, 0) is 37.1 Å². The number of carbonyl (C=O) groups is 3. The molecule has 0 fully saturated rings. The van der Waals surface area contributed by atoms with E-state index in [-0.39, 0.29) is 25.6 Å². The smallest absolute Gasteiger partial charge is 0.414 e.